The molecule has 0 fully saturated rings. The molecule has 5 heteroatoms. The molecule has 0 amide bonds. The number of esters is 1. The third-order valence-corrected chi connectivity index (χ3v) is 2.11. The van der Waals surface area contributed by atoms with E-state index in [1.165, 1.54) is 0 Å². The van der Waals surface area contributed by atoms with E-state index in [1.807, 2.05) is 51.9 Å². The van der Waals surface area contributed by atoms with Crippen LogP contribution >= 0.6 is 0 Å². The van der Waals surface area contributed by atoms with Crippen molar-refractivity contribution in [1.82, 2.24) is 4.98 Å². The van der Waals surface area contributed by atoms with Gasteiger partial charge in [-0.3, -0.25) is 9.79 Å². The van der Waals surface area contributed by atoms with Crippen molar-refractivity contribution in [2.45, 2.75) is 26.4 Å². The van der Waals surface area contributed by atoms with Gasteiger partial charge in [0.2, 0.25) is 0 Å². The van der Waals surface area contributed by atoms with E-state index in [1.54, 1.807) is 12.4 Å². The van der Waals surface area contributed by atoms with E-state index in [9.17, 15) is 4.79 Å². The lowest BCUT2D eigenvalue weighted by Gasteiger charge is -2.18. The van der Waals surface area contributed by atoms with Crippen LogP contribution < -0.4 is 4.90 Å². The molecular weight excluding hydrogens is 242 g/mol. The largest absolute Gasteiger partial charge is 0.459 e. The van der Waals surface area contributed by atoms with Gasteiger partial charge in [-0.25, -0.2) is 4.98 Å². The van der Waals surface area contributed by atoms with Crippen LogP contribution in [0.25, 0.3) is 0 Å². The third kappa shape index (κ3) is 5.50. The summed E-state index contributed by atoms with van der Waals surface area (Å²) in [4.78, 5) is 21.8. The SMILES string of the molecule is CN(C)c1ncccc1C=NCC(=O)OC(C)(C)C. The number of anilines is 1. The van der Waals surface area contributed by atoms with Crippen molar-refractivity contribution in [2.24, 2.45) is 4.99 Å². The molecule has 0 N–H and O–H groups in total. The molecule has 5 nitrogen and oxygen atoms in total. The van der Waals surface area contributed by atoms with Crippen molar-refractivity contribution < 1.29 is 9.53 Å². The van der Waals surface area contributed by atoms with Crippen LogP contribution in [0.3, 0.4) is 0 Å². The highest BCUT2D eigenvalue weighted by Crippen LogP contribution is 2.12. The summed E-state index contributed by atoms with van der Waals surface area (Å²) in [5.41, 5.74) is 0.395. The topological polar surface area (TPSA) is 54.8 Å². The number of pyridine rings is 1. The Morgan fingerprint density at radius 1 is 1.47 bits per heavy atom. The second-order valence-corrected chi connectivity index (χ2v) is 5.37. The zero-order valence-corrected chi connectivity index (χ0v) is 12.2. The molecule has 1 heterocycles. The molecule has 0 unspecified atom stereocenters. The van der Waals surface area contributed by atoms with Crippen LogP contribution in [0.5, 0.6) is 0 Å². The molecule has 0 aliphatic heterocycles. The molecule has 0 aromatic carbocycles. The summed E-state index contributed by atoms with van der Waals surface area (Å²) in [6.07, 6.45) is 3.37. The van der Waals surface area contributed by atoms with Gasteiger partial charge < -0.3 is 9.64 Å². The van der Waals surface area contributed by atoms with E-state index in [2.05, 4.69) is 9.98 Å². The van der Waals surface area contributed by atoms with Crippen molar-refractivity contribution in [3.8, 4) is 0 Å². The minimum Gasteiger partial charge on any atom is -0.459 e. The number of ether oxygens (including phenoxy) is 1. The summed E-state index contributed by atoms with van der Waals surface area (Å²) in [6, 6.07) is 3.74. The third-order valence-electron chi connectivity index (χ3n) is 2.11. The van der Waals surface area contributed by atoms with E-state index in [4.69, 9.17) is 4.74 Å². The second-order valence-electron chi connectivity index (χ2n) is 5.37. The molecule has 0 spiro atoms. The van der Waals surface area contributed by atoms with E-state index in [0.29, 0.717) is 0 Å². The van der Waals surface area contributed by atoms with E-state index in [0.717, 1.165) is 11.4 Å². The minimum atomic E-state index is -0.476. The summed E-state index contributed by atoms with van der Waals surface area (Å²) in [5.74, 6) is 0.481. The molecule has 104 valence electrons. The number of aromatic nitrogens is 1. The summed E-state index contributed by atoms with van der Waals surface area (Å²) in [7, 11) is 3.82. The first-order chi connectivity index (χ1) is 8.79. The molecule has 1 rings (SSSR count). The number of carbonyl (C=O) groups excluding carboxylic acids is 1. The number of hydrogen-bond donors (Lipinski definition) is 0. The molecule has 19 heavy (non-hydrogen) atoms. The number of hydrogen-bond acceptors (Lipinski definition) is 5. The maximum atomic E-state index is 11.5. The summed E-state index contributed by atoms with van der Waals surface area (Å²) in [5, 5.41) is 0. The molecule has 0 saturated carbocycles. The Labute approximate surface area is 114 Å². The Bertz CT molecular complexity index is 462. The zero-order chi connectivity index (χ0) is 14.5. The van der Waals surface area contributed by atoms with Crippen LogP contribution in [0.1, 0.15) is 26.3 Å². The molecular formula is C14H21N3O2. The van der Waals surface area contributed by atoms with Gasteiger partial charge in [-0.05, 0) is 32.9 Å². The fraction of sp³-hybridized carbons (Fsp3) is 0.500. The lowest BCUT2D eigenvalue weighted by Crippen LogP contribution is -2.25. The summed E-state index contributed by atoms with van der Waals surface area (Å²) >= 11 is 0. The van der Waals surface area contributed by atoms with Crippen molar-refractivity contribution in [1.29, 1.82) is 0 Å². The van der Waals surface area contributed by atoms with Crippen LogP contribution in [0.4, 0.5) is 5.82 Å². The average Bonchev–Trinajstić information content (AvgIpc) is 2.27. The second kappa shape index (κ2) is 6.31. The van der Waals surface area contributed by atoms with Gasteiger partial charge in [-0.2, -0.15) is 0 Å². The van der Waals surface area contributed by atoms with Crippen LogP contribution in [0.15, 0.2) is 23.3 Å². The lowest BCUT2D eigenvalue weighted by atomic mass is 10.2. The van der Waals surface area contributed by atoms with E-state index < -0.39 is 5.60 Å². The van der Waals surface area contributed by atoms with Crippen LogP contribution in [0.2, 0.25) is 0 Å². The molecule has 0 aliphatic carbocycles. The first kappa shape index (κ1) is 15.1. The van der Waals surface area contributed by atoms with Gasteiger partial charge >= 0.3 is 5.97 Å². The zero-order valence-electron chi connectivity index (χ0n) is 12.2. The van der Waals surface area contributed by atoms with Gasteiger partial charge in [0.05, 0.1) is 0 Å². The predicted octanol–water partition coefficient (Wildman–Crippen LogP) is 1.91. The van der Waals surface area contributed by atoms with E-state index in [-0.39, 0.29) is 12.5 Å². The quantitative estimate of drug-likeness (QED) is 0.615. The molecule has 0 atom stereocenters. The van der Waals surface area contributed by atoms with Gasteiger partial charge in [0.1, 0.15) is 18.0 Å². The molecule has 1 aromatic heterocycles. The summed E-state index contributed by atoms with van der Waals surface area (Å²) in [6.45, 7) is 5.51. The summed E-state index contributed by atoms with van der Waals surface area (Å²) < 4.78 is 5.17. The average molecular weight is 263 g/mol. The molecule has 1 aromatic rings. The van der Waals surface area contributed by atoms with Crippen molar-refractivity contribution in [3.05, 3.63) is 23.9 Å². The monoisotopic (exact) mass is 263 g/mol. The highest BCUT2D eigenvalue weighted by Gasteiger charge is 2.15. The van der Waals surface area contributed by atoms with Gasteiger partial charge in [-0.15, -0.1) is 0 Å². The Balaban J connectivity index is 2.65. The Morgan fingerprint density at radius 2 is 2.16 bits per heavy atom. The van der Waals surface area contributed by atoms with Gasteiger partial charge in [0.25, 0.3) is 0 Å². The molecule has 0 saturated heterocycles. The molecule has 0 radical (unpaired) electrons. The fourth-order valence-corrected chi connectivity index (χ4v) is 1.48. The predicted molar refractivity (Wildman–Crippen MR) is 76.9 cm³/mol. The minimum absolute atomic E-state index is 0.0129. The van der Waals surface area contributed by atoms with Crippen molar-refractivity contribution in [3.63, 3.8) is 0 Å². The van der Waals surface area contributed by atoms with Crippen LogP contribution in [0, 0.1) is 0 Å². The van der Waals surface area contributed by atoms with Gasteiger partial charge in [0.15, 0.2) is 0 Å². The van der Waals surface area contributed by atoms with Gasteiger partial charge in [0, 0.05) is 32.1 Å². The fourth-order valence-electron chi connectivity index (χ4n) is 1.48. The maximum Gasteiger partial charge on any atom is 0.328 e. The first-order valence-electron chi connectivity index (χ1n) is 6.13. The Hall–Kier alpha value is -1.91. The number of carbonyl (C=O) groups is 1. The van der Waals surface area contributed by atoms with Crippen LogP contribution in [-0.2, 0) is 9.53 Å². The van der Waals surface area contributed by atoms with Crippen LogP contribution in [-0.4, -0.2) is 43.4 Å². The number of nitrogens with zero attached hydrogens (tertiary/aromatic N) is 3. The maximum absolute atomic E-state index is 11.5. The lowest BCUT2D eigenvalue weighted by molar-refractivity contribution is -0.152. The Morgan fingerprint density at radius 3 is 2.74 bits per heavy atom. The smallest absolute Gasteiger partial charge is 0.328 e. The van der Waals surface area contributed by atoms with Crippen molar-refractivity contribution in [2.75, 3.05) is 25.5 Å². The molecule has 0 bridgehead atoms. The normalized spacial score (nSPS) is 11.6. The number of rotatable bonds is 4. The first-order valence-corrected chi connectivity index (χ1v) is 6.13. The highest BCUT2D eigenvalue weighted by molar-refractivity contribution is 5.87. The standard InChI is InChI=1S/C14H21N3O2/c1-14(2,3)19-12(18)10-15-9-11-7-6-8-16-13(11)17(4)5/h6-9H,10H2,1-5H3. The van der Waals surface area contributed by atoms with Crippen molar-refractivity contribution >= 4 is 18.0 Å². The highest BCUT2D eigenvalue weighted by atomic mass is 16.6. The van der Waals surface area contributed by atoms with Gasteiger partial charge in [-0.1, -0.05) is 0 Å². The number of aliphatic imine (C=N–C) groups is 1. The Kier molecular flexibility index (Phi) is 5.03. The molecule has 0 aliphatic rings. The van der Waals surface area contributed by atoms with E-state index >= 15 is 0 Å².